The summed E-state index contributed by atoms with van der Waals surface area (Å²) in [6, 6.07) is 6.48. The number of amides is 1. The molecular weight excluding hydrogens is 402 g/mol. The third-order valence-electron chi connectivity index (χ3n) is 7.53. The van der Waals surface area contributed by atoms with Crippen molar-refractivity contribution >= 4 is 28.3 Å². The molecule has 0 spiro atoms. The first-order valence-corrected chi connectivity index (χ1v) is 12.0. The number of fused-ring (bicyclic) bond motifs is 2. The molecule has 2 unspecified atom stereocenters. The molecule has 3 atom stereocenters. The second-order valence-corrected chi connectivity index (χ2v) is 9.37. The lowest BCUT2D eigenvalue weighted by Gasteiger charge is -2.40. The summed E-state index contributed by atoms with van der Waals surface area (Å²) in [5.74, 6) is 0.138. The quantitative estimate of drug-likeness (QED) is 0.738. The van der Waals surface area contributed by atoms with Gasteiger partial charge in [-0.3, -0.25) is 19.1 Å². The molecule has 170 valence electrons. The highest BCUT2D eigenvalue weighted by Gasteiger charge is 2.37. The molecule has 6 heteroatoms. The van der Waals surface area contributed by atoms with Crippen molar-refractivity contribution in [2.24, 2.45) is 11.8 Å². The number of hydrogen-bond donors (Lipinski definition) is 0. The predicted molar refractivity (Wildman–Crippen MR) is 126 cm³/mol. The van der Waals surface area contributed by atoms with Crippen LogP contribution in [0, 0.1) is 11.8 Å². The van der Waals surface area contributed by atoms with Gasteiger partial charge >= 0.3 is 0 Å². The largest absolute Gasteiger partial charge is 0.381 e. The van der Waals surface area contributed by atoms with E-state index in [0.29, 0.717) is 6.61 Å². The molecule has 3 aliphatic rings. The lowest BCUT2D eigenvalue weighted by molar-refractivity contribution is -0.134. The number of nitrogens with zero attached hydrogens (tertiary/aromatic N) is 3. The van der Waals surface area contributed by atoms with Crippen LogP contribution in [0.1, 0.15) is 42.6 Å². The van der Waals surface area contributed by atoms with E-state index in [-0.39, 0.29) is 29.7 Å². The van der Waals surface area contributed by atoms with Crippen LogP contribution in [0.3, 0.4) is 0 Å². The van der Waals surface area contributed by atoms with E-state index in [1.165, 1.54) is 22.1 Å². The Morgan fingerprint density at radius 1 is 1.22 bits per heavy atom. The van der Waals surface area contributed by atoms with Crippen LogP contribution in [-0.2, 0) is 16.0 Å². The summed E-state index contributed by atoms with van der Waals surface area (Å²) >= 11 is 0. The van der Waals surface area contributed by atoms with Gasteiger partial charge in [-0.25, -0.2) is 0 Å². The highest BCUT2D eigenvalue weighted by Crippen LogP contribution is 2.42. The topological polar surface area (TPSA) is 54.8 Å². The Hall–Kier alpha value is -2.44. The number of carbonyl (C=O) groups is 2. The SMILES string of the molecule is CCN(CC)C(=O)[C@@H]1C=C2c3cccc4c3c(cn4C(=O)C3CCCOC3)CC2N(C)C1. The third kappa shape index (κ3) is 3.41. The number of hydrogen-bond acceptors (Lipinski definition) is 4. The van der Waals surface area contributed by atoms with E-state index in [9.17, 15) is 9.59 Å². The molecule has 1 saturated heterocycles. The van der Waals surface area contributed by atoms with Gasteiger partial charge in [0.05, 0.1) is 24.0 Å². The van der Waals surface area contributed by atoms with Crippen molar-refractivity contribution in [2.45, 2.75) is 39.2 Å². The van der Waals surface area contributed by atoms with Crippen LogP contribution in [0.15, 0.2) is 30.5 Å². The molecule has 0 bridgehead atoms. The summed E-state index contributed by atoms with van der Waals surface area (Å²) in [5, 5.41) is 1.17. The lowest BCUT2D eigenvalue weighted by atomic mass is 9.79. The van der Waals surface area contributed by atoms with Crippen LogP contribution < -0.4 is 0 Å². The maximum Gasteiger partial charge on any atom is 0.236 e. The highest BCUT2D eigenvalue weighted by molar-refractivity contribution is 6.03. The molecule has 0 N–H and O–H groups in total. The van der Waals surface area contributed by atoms with E-state index in [2.05, 4.69) is 36.4 Å². The Labute approximate surface area is 189 Å². The van der Waals surface area contributed by atoms with Gasteiger partial charge in [-0.15, -0.1) is 0 Å². The molecule has 2 aliphatic heterocycles. The molecule has 1 fully saturated rings. The second kappa shape index (κ2) is 8.49. The van der Waals surface area contributed by atoms with Crippen molar-refractivity contribution in [3.63, 3.8) is 0 Å². The second-order valence-electron chi connectivity index (χ2n) is 9.37. The molecule has 32 heavy (non-hydrogen) atoms. The molecule has 2 aromatic rings. The standard InChI is InChI=1S/C26H33N3O3/c1-4-28(5-2)25(30)19-12-21-20-9-6-10-22-24(20)18(13-23(21)27(3)14-19)15-29(22)26(31)17-8-7-11-32-16-17/h6,9-10,12,15,17,19,23H,4-5,7-8,11,13-14,16H2,1-3H3/t17?,19-,23?/m1/s1. The third-order valence-corrected chi connectivity index (χ3v) is 7.53. The Bertz CT molecular complexity index is 1080. The van der Waals surface area contributed by atoms with E-state index in [1.807, 2.05) is 29.4 Å². The summed E-state index contributed by atoms with van der Waals surface area (Å²) in [7, 11) is 2.12. The monoisotopic (exact) mass is 435 g/mol. The number of benzene rings is 1. The van der Waals surface area contributed by atoms with Gasteiger partial charge in [0.25, 0.3) is 0 Å². The van der Waals surface area contributed by atoms with Crippen LogP contribution >= 0.6 is 0 Å². The minimum Gasteiger partial charge on any atom is -0.381 e. The molecule has 0 radical (unpaired) electrons. The molecular formula is C26H33N3O3. The fourth-order valence-electron chi connectivity index (χ4n) is 5.80. The summed E-state index contributed by atoms with van der Waals surface area (Å²) in [6.45, 7) is 7.53. The molecule has 5 rings (SSSR count). The first-order chi connectivity index (χ1) is 15.5. The Balaban J connectivity index is 1.57. The fraction of sp³-hybridized carbons (Fsp3) is 0.538. The average Bonchev–Trinajstić information content (AvgIpc) is 3.20. The molecule has 3 heterocycles. The average molecular weight is 436 g/mol. The first kappa shape index (κ1) is 21.4. The van der Waals surface area contributed by atoms with Crippen LogP contribution in [0.2, 0.25) is 0 Å². The first-order valence-electron chi connectivity index (χ1n) is 12.0. The van der Waals surface area contributed by atoms with E-state index >= 15 is 0 Å². The Morgan fingerprint density at radius 3 is 2.75 bits per heavy atom. The fourth-order valence-corrected chi connectivity index (χ4v) is 5.80. The van der Waals surface area contributed by atoms with Crippen molar-refractivity contribution in [2.75, 3.05) is 39.9 Å². The molecule has 6 nitrogen and oxygen atoms in total. The zero-order chi connectivity index (χ0) is 22.4. The van der Waals surface area contributed by atoms with Gasteiger partial charge in [0, 0.05) is 43.9 Å². The predicted octanol–water partition coefficient (Wildman–Crippen LogP) is 3.45. The highest BCUT2D eigenvalue weighted by atomic mass is 16.5. The number of aromatic nitrogens is 1. The van der Waals surface area contributed by atoms with Crippen molar-refractivity contribution in [1.29, 1.82) is 0 Å². The Kier molecular flexibility index (Phi) is 5.68. The zero-order valence-corrected chi connectivity index (χ0v) is 19.3. The van der Waals surface area contributed by atoms with E-state index in [1.54, 1.807) is 0 Å². The van der Waals surface area contributed by atoms with Crippen molar-refractivity contribution in [3.05, 3.63) is 41.6 Å². The summed E-state index contributed by atoms with van der Waals surface area (Å²) in [6.07, 6.45) is 6.96. The van der Waals surface area contributed by atoms with Crippen LogP contribution in [0.25, 0.3) is 16.5 Å². The minimum atomic E-state index is -0.133. The maximum absolute atomic E-state index is 13.3. The van der Waals surface area contributed by atoms with Crippen LogP contribution in [0.4, 0.5) is 0 Å². The minimum absolute atomic E-state index is 0.0724. The van der Waals surface area contributed by atoms with Gasteiger partial charge < -0.3 is 9.64 Å². The maximum atomic E-state index is 13.3. The number of likely N-dealkylation sites (N-methyl/N-ethyl adjacent to an activating group) is 1. The van der Waals surface area contributed by atoms with Crippen LogP contribution in [-0.4, -0.2) is 72.1 Å². The molecule has 1 aliphatic carbocycles. The van der Waals surface area contributed by atoms with Gasteiger partial charge in [0.1, 0.15) is 0 Å². The van der Waals surface area contributed by atoms with Gasteiger partial charge in [0.15, 0.2) is 0 Å². The van der Waals surface area contributed by atoms with Crippen LogP contribution in [0.5, 0.6) is 0 Å². The van der Waals surface area contributed by atoms with E-state index in [4.69, 9.17) is 4.74 Å². The lowest BCUT2D eigenvalue weighted by Crippen LogP contribution is -2.47. The normalized spacial score (nSPS) is 25.3. The molecule has 1 amide bonds. The number of carbonyl (C=O) groups excluding carboxylic acids is 2. The summed E-state index contributed by atoms with van der Waals surface area (Å²) in [5.41, 5.74) is 4.60. The summed E-state index contributed by atoms with van der Waals surface area (Å²) < 4.78 is 7.45. The molecule has 0 saturated carbocycles. The van der Waals surface area contributed by atoms with Gasteiger partial charge in [0.2, 0.25) is 11.8 Å². The van der Waals surface area contributed by atoms with Crippen molar-refractivity contribution in [3.8, 4) is 0 Å². The summed E-state index contributed by atoms with van der Waals surface area (Å²) in [4.78, 5) is 30.7. The smallest absolute Gasteiger partial charge is 0.236 e. The number of rotatable bonds is 4. The van der Waals surface area contributed by atoms with Gasteiger partial charge in [-0.1, -0.05) is 18.2 Å². The van der Waals surface area contributed by atoms with E-state index < -0.39 is 0 Å². The Morgan fingerprint density at radius 2 is 2.03 bits per heavy atom. The van der Waals surface area contributed by atoms with Gasteiger partial charge in [-0.05, 0) is 62.9 Å². The van der Waals surface area contributed by atoms with E-state index in [0.717, 1.165) is 51.0 Å². The van der Waals surface area contributed by atoms with Crippen molar-refractivity contribution < 1.29 is 14.3 Å². The number of ether oxygens (including phenoxy) is 1. The molecule has 1 aromatic heterocycles. The van der Waals surface area contributed by atoms with Crippen molar-refractivity contribution in [1.82, 2.24) is 14.4 Å². The van der Waals surface area contributed by atoms with Gasteiger partial charge in [-0.2, -0.15) is 0 Å². The molecule has 1 aromatic carbocycles. The zero-order valence-electron chi connectivity index (χ0n) is 19.3.